The maximum Gasteiger partial charge on any atom is 0.336 e. The highest BCUT2D eigenvalue weighted by Gasteiger charge is 2.11. The van der Waals surface area contributed by atoms with E-state index in [-0.39, 0.29) is 5.56 Å². The Hall–Kier alpha value is -1.52. The van der Waals surface area contributed by atoms with E-state index in [0.29, 0.717) is 9.92 Å². The summed E-state index contributed by atoms with van der Waals surface area (Å²) in [6.45, 7) is 0. The van der Waals surface area contributed by atoms with Crippen molar-refractivity contribution < 1.29 is 9.90 Å². The number of carboxylic acid groups (broad SMARTS) is 1. The van der Waals surface area contributed by atoms with Gasteiger partial charge in [-0.05, 0) is 30.3 Å². The van der Waals surface area contributed by atoms with Gasteiger partial charge in [0.15, 0.2) is 0 Å². The molecule has 0 unspecified atom stereocenters. The zero-order chi connectivity index (χ0) is 12.3. The maximum absolute atomic E-state index is 11.1. The average molecular weight is 266 g/mol. The molecule has 0 radical (unpaired) electrons. The van der Waals surface area contributed by atoms with E-state index in [0.717, 1.165) is 4.90 Å². The summed E-state index contributed by atoms with van der Waals surface area (Å²) >= 11 is 7.22. The third kappa shape index (κ3) is 2.99. The molecule has 1 heterocycles. The molecule has 3 nitrogen and oxygen atoms in total. The second-order valence-corrected chi connectivity index (χ2v) is 4.78. The SMILES string of the molecule is O=C(O)c1ccc(Cl)cc1Sc1ccncc1. The lowest BCUT2D eigenvalue weighted by atomic mass is 10.2. The predicted molar refractivity (Wildman–Crippen MR) is 66.8 cm³/mol. The van der Waals surface area contributed by atoms with Crippen LogP contribution in [0, 0.1) is 0 Å². The van der Waals surface area contributed by atoms with Gasteiger partial charge in [-0.3, -0.25) is 4.98 Å². The van der Waals surface area contributed by atoms with Gasteiger partial charge >= 0.3 is 5.97 Å². The lowest BCUT2D eigenvalue weighted by molar-refractivity contribution is 0.0693. The quantitative estimate of drug-likeness (QED) is 0.921. The van der Waals surface area contributed by atoms with E-state index in [1.165, 1.54) is 17.8 Å². The number of carboxylic acids is 1. The number of nitrogens with zero attached hydrogens (tertiary/aromatic N) is 1. The zero-order valence-corrected chi connectivity index (χ0v) is 10.2. The van der Waals surface area contributed by atoms with Crippen LogP contribution in [0.5, 0.6) is 0 Å². The van der Waals surface area contributed by atoms with Gasteiger partial charge in [0.05, 0.1) is 5.56 Å². The maximum atomic E-state index is 11.1. The van der Waals surface area contributed by atoms with Crippen molar-refractivity contribution in [3.8, 4) is 0 Å². The van der Waals surface area contributed by atoms with Crippen LogP contribution < -0.4 is 0 Å². The van der Waals surface area contributed by atoms with Gasteiger partial charge in [-0.1, -0.05) is 23.4 Å². The van der Waals surface area contributed by atoms with Crippen molar-refractivity contribution in [3.05, 3.63) is 53.3 Å². The Bertz CT molecular complexity index is 545. The van der Waals surface area contributed by atoms with Crippen molar-refractivity contribution in [3.63, 3.8) is 0 Å². The van der Waals surface area contributed by atoms with E-state index in [9.17, 15) is 4.79 Å². The number of halogens is 1. The Morgan fingerprint density at radius 1 is 1.24 bits per heavy atom. The highest BCUT2D eigenvalue weighted by atomic mass is 35.5. The van der Waals surface area contributed by atoms with Gasteiger partial charge in [-0.2, -0.15) is 0 Å². The first kappa shape index (κ1) is 12.0. The number of aromatic carboxylic acids is 1. The molecule has 0 aliphatic rings. The third-order valence-electron chi connectivity index (χ3n) is 2.05. The van der Waals surface area contributed by atoms with E-state index in [4.69, 9.17) is 16.7 Å². The summed E-state index contributed by atoms with van der Waals surface area (Å²) in [5.74, 6) is -0.960. The van der Waals surface area contributed by atoms with Gasteiger partial charge in [-0.15, -0.1) is 0 Å². The van der Waals surface area contributed by atoms with Crippen LogP contribution in [0.4, 0.5) is 0 Å². The number of hydrogen-bond donors (Lipinski definition) is 1. The smallest absolute Gasteiger partial charge is 0.336 e. The van der Waals surface area contributed by atoms with Crippen molar-refractivity contribution in [2.45, 2.75) is 9.79 Å². The molecule has 1 aromatic carbocycles. The third-order valence-corrected chi connectivity index (χ3v) is 3.35. The molecule has 0 aliphatic heterocycles. The molecule has 86 valence electrons. The molecular weight excluding hydrogens is 258 g/mol. The summed E-state index contributed by atoms with van der Waals surface area (Å²) in [4.78, 5) is 16.5. The minimum absolute atomic E-state index is 0.246. The first-order valence-corrected chi connectivity index (χ1v) is 5.97. The topological polar surface area (TPSA) is 50.2 Å². The molecule has 2 rings (SSSR count). The van der Waals surface area contributed by atoms with Crippen molar-refractivity contribution in [2.24, 2.45) is 0 Å². The van der Waals surface area contributed by atoms with Crippen LogP contribution in [0.1, 0.15) is 10.4 Å². The summed E-state index contributed by atoms with van der Waals surface area (Å²) in [5.41, 5.74) is 0.246. The molecule has 0 fully saturated rings. The summed E-state index contributed by atoms with van der Waals surface area (Å²) in [7, 11) is 0. The normalized spacial score (nSPS) is 10.2. The Balaban J connectivity index is 2.37. The molecule has 0 spiro atoms. The van der Waals surface area contributed by atoms with Gasteiger partial charge in [0, 0.05) is 27.2 Å². The van der Waals surface area contributed by atoms with Crippen molar-refractivity contribution in [2.75, 3.05) is 0 Å². The molecule has 0 saturated heterocycles. The van der Waals surface area contributed by atoms with Gasteiger partial charge < -0.3 is 5.11 Å². The van der Waals surface area contributed by atoms with Crippen molar-refractivity contribution >= 4 is 29.3 Å². The fourth-order valence-corrected chi connectivity index (χ4v) is 2.49. The molecule has 1 aromatic heterocycles. The van der Waals surface area contributed by atoms with Gasteiger partial charge in [-0.25, -0.2) is 4.79 Å². The van der Waals surface area contributed by atoms with E-state index >= 15 is 0 Å². The monoisotopic (exact) mass is 265 g/mol. The molecule has 1 N–H and O–H groups in total. The standard InChI is InChI=1S/C12H8ClNO2S/c13-8-1-2-10(12(15)16)11(7-8)17-9-3-5-14-6-4-9/h1-7H,(H,15,16). The Morgan fingerprint density at radius 3 is 2.59 bits per heavy atom. The molecule has 2 aromatic rings. The number of aromatic nitrogens is 1. The van der Waals surface area contributed by atoms with Crippen LogP contribution in [-0.2, 0) is 0 Å². The summed E-state index contributed by atoms with van der Waals surface area (Å²) < 4.78 is 0. The number of carbonyl (C=O) groups is 1. The summed E-state index contributed by atoms with van der Waals surface area (Å²) in [6, 6.07) is 8.36. The molecule has 0 saturated carbocycles. The Kier molecular flexibility index (Phi) is 3.66. The Morgan fingerprint density at radius 2 is 1.94 bits per heavy atom. The first-order valence-electron chi connectivity index (χ1n) is 4.77. The number of hydrogen-bond acceptors (Lipinski definition) is 3. The highest BCUT2D eigenvalue weighted by molar-refractivity contribution is 7.99. The first-order chi connectivity index (χ1) is 8.16. The van der Waals surface area contributed by atoms with E-state index in [1.807, 2.05) is 12.1 Å². The fraction of sp³-hybridized carbons (Fsp3) is 0. The van der Waals surface area contributed by atoms with Crippen LogP contribution in [0.15, 0.2) is 52.5 Å². The van der Waals surface area contributed by atoms with Crippen LogP contribution in [-0.4, -0.2) is 16.1 Å². The molecule has 17 heavy (non-hydrogen) atoms. The molecule has 0 aliphatic carbocycles. The molecule has 0 atom stereocenters. The predicted octanol–water partition coefficient (Wildman–Crippen LogP) is 3.58. The minimum Gasteiger partial charge on any atom is -0.478 e. The summed E-state index contributed by atoms with van der Waals surface area (Å²) in [5, 5.41) is 9.59. The number of benzene rings is 1. The lowest BCUT2D eigenvalue weighted by Gasteiger charge is -2.05. The number of rotatable bonds is 3. The van der Waals surface area contributed by atoms with Gasteiger partial charge in [0.2, 0.25) is 0 Å². The fourth-order valence-electron chi connectivity index (χ4n) is 1.29. The van der Waals surface area contributed by atoms with Crippen LogP contribution >= 0.6 is 23.4 Å². The van der Waals surface area contributed by atoms with Gasteiger partial charge in [0.1, 0.15) is 0 Å². The van der Waals surface area contributed by atoms with E-state index in [1.54, 1.807) is 24.5 Å². The largest absolute Gasteiger partial charge is 0.478 e. The van der Waals surface area contributed by atoms with Crippen LogP contribution in [0.25, 0.3) is 0 Å². The Labute approximate surface area is 107 Å². The van der Waals surface area contributed by atoms with Crippen molar-refractivity contribution in [1.82, 2.24) is 4.98 Å². The zero-order valence-electron chi connectivity index (χ0n) is 8.63. The number of pyridine rings is 1. The molecular formula is C12H8ClNO2S. The molecule has 0 amide bonds. The lowest BCUT2D eigenvalue weighted by Crippen LogP contribution is -1.98. The second kappa shape index (κ2) is 5.21. The highest BCUT2D eigenvalue weighted by Crippen LogP contribution is 2.32. The van der Waals surface area contributed by atoms with Crippen molar-refractivity contribution in [1.29, 1.82) is 0 Å². The average Bonchev–Trinajstić information content (AvgIpc) is 2.30. The summed E-state index contributed by atoms with van der Waals surface area (Å²) in [6.07, 6.45) is 3.32. The molecule has 0 bridgehead atoms. The van der Waals surface area contributed by atoms with Crippen LogP contribution in [0.3, 0.4) is 0 Å². The minimum atomic E-state index is -0.960. The van der Waals surface area contributed by atoms with E-state index < -0.39 is 5.97 Å². The van der Waals surface area contributed by atoms with Crippen LogP contribution in [0.2, 0.25) is 5.02 Å². The van der Waals surface area contributed by atoms with Gasteiger partial charge in [0.25, 0.3) is 0 Å². The molecule has 5 heteroatoms. The second-order valence-electron chi connectivity index (χ2n) is 3.23. The van der Waals surface area contributed by atoms with E-state index in [2.05, 4.69) is 4.98 Å².